The number of aromatic nitrogens is 2. The van der Waals surface area contributed by atoms with E-state index in [1.54, 1.807) is 0 Å². The molecule has 0 saturated heterocycles. The van der Waals surface area contributed by atoms with Crippen LogP contribution >= 0.6 is 0 Å². The van der Waals surface area contributed by atoms with Gasteiger partial charge in [0.1, 0.15) is 5.82 Å². The van der Waals surface area contributed by atoms with Gasteiger partial charge >= 0.3 is 0 Å². The Morgan fingerprint density at radius 1 is 1.25 bits per heavy atom. The van der Waals surface area contributed by atoms with Crippen molar-refractivity contribution >= 4 is 11.0 Å². The number of imidazole rings is 1. The van der Waals surface area contributed by atoms with E-state index in [1.165, 1.54) is 54.5 Å². The van der Waals surface area contributed by atoms with Crippen LogP contribution in [0, 0.1) is 0 Å². The molecule has 0 bridgehead atoms. The first-order valence-corrected chi connectivity index (χ1v) is 7.95. The zero-order valence-electron chi connectivity index (χ0n) is 12.4. The van der Waals surface area contributed by atoms with E-state index in [0.29, 0.717) is 5.92 Å². The van der Waals surface area contributed by atoms with Crippen molar-refractivity contribution in [3.05, 3.63) is 29.6 Å². The second kappa shape index (κ2) is 5.96. The number of unbranched alkanes of at least 4 members (excludes halogenated alkanes) is 1. The molecule has 1 aliphatic carbocycles. The third-order valence-electron chi connectivity index (χ3n) is 4.62. The first kappa shape index (κ1) is 13.6. The number of aryl methyl sites for hydroxylation is 2. The molecule has 0 unspecified atom stereocenters. The van der Waals surface area contributed by atoms with E-state index in [2.05, 4.69) is 29.8 Å². The molecule has 1 saturated carbocycles. The maximum atomic E-state index is 5.56. The summed E-state index contributed by atoms with van der Waals surface area (Å²) in [5.41, 5.74) is 9.39. The molecule has 1 fully saturated rings. The van der Waals surface area contributed by atoms with Crippen molar-refractivity contribution < 1.29 is 0 Å². The molecular weight excluding hydrogens is 246 g/mol. The molecule has 0 aliphatic heterocycles. The molecule has 3 nitrogen and oxygen atoms in total. The van der Waals surface area contributed by atoms with Gasteiger partial charge in [-0.1, -0.05) is 18.9 Å². The zero-order valence-corrected chi connectivity index (χ0v) is 12.4. The van der Waals surface area contributed by atoms with Crippen LogP contribution < -0.4 is 5.73 Å². The lowest BCUT2D eigenvalue weighted by Gasteiger charge is -2.08. The second-order valence-corrected chi connectivity index (χ2v) is 6.08. The minimum absolute atomic E-state index is 0.674. The molecule has 2 aromatic rings. The predicted octanol–water partition coefficient (Wildman–Crippen LogP) is 3.51. The lowest BCUT2D eigenvalue weighted by molar-refractivity contribution is 0.639. The highest BCUT2D eigenvalue weighted by molar-refractivity contribution is 5.77. The van der Waals surface area contributed by atoms with Crippen molar-refractivity contribution in [1.29, 1.82) is 0 Å². The summed E-state index contributed by atoms with van der Waals surface area (Å²) >= 11 is 0. The molecule has 0 atom stereocenters. The fourth-order valence-corrected chi connectivity index (χ4v) is 3.44. The van der Waals surface area contributed by atoms with Gasteiger partial charge in [0.25, 0.3) is 0 Å². The smallest absolute Gasteiger partial charge is 0.112 e. The average Bonchev–Trinajstić information content (AvgIpc) is 3.07. The molecule has 0 radical (unpaired) electrons. The van der Waals surface area contributed by atoms with Crippen molar-refractivity contribution in [3.8, 4) is 0 Å². The lowest BCUT2D eigenvalue weighted by Crippen LogP contribution is -2.02. The van der Waals surface area contributed by atoms with Gasteiger partial charge in [0.05, 0.1) is 11.0 Å². The molecule has 1 heterocycles. The Bertz CT molecular complexity index is 579. The average molecular weight is 271 g/mol. The van der Waals surface area contributed by atoms with Gasteiger partial charge in [-0.15, -0.1) is 0 Å². The van der Waals surface area contributed by atoms with Gasteiger partial charge < -0.3 is 10.3 Å². The Labute approximate surface area is 121 Å². The highest BCUT2D eigenvalue weighted by Gasteiger charge is 2.22. The quantitative estimate of drug-likeness (QED) is 0.846. The Kier molecular flexibility index (Phi) is 4.06. The van der Waals surface area contributed by atoms with E-state index in [1.807, 2.05) is 0 Å². The van der Waals surface area contributed by atoms with E-state index in [9.17, 15) is 0 Å². The number of nitrogens with two attached hydrogens (primary N) is 1. The fourth-order valence-electron chi connectivity index (χ4n) is 3.44. The van der Waals surface area contributed by atoms with Crippen LogP contribution in [0.1, 0.15) is 55.8 Å². The van der Waals surface area contributed by atoms with Crippen molar-refractivity contribution in [2.24, 2.45) is 12.8 Å². The van der Waals surface area contributed by atoms with Crippen LogP contribution in [0.25, 0.3) is 11.0 Å². The highest BCUT2D eigenvalue weighted by Crippen LogP contribution is 2.34. The molecule has 3 heteroatoms. The Hall–Kier alpha value is -1.35. The third-order valence-corrected chi connectivity index (χ3v) is 4.62. The van der Waals surface area contributed by atoms with E-state index in [4.69, 9.17) is 10.7 Å². The van der Waals surface area contributed by atoms with E-state index >= 15 is 0 Å². The second-order valence-electron chi connectivity index (χ2n) is 6.08. The largest absolute Gasteiger partial charge is 0.331 e. The molecule has 20 heavy (non-hydrogen) atoms. The van der Waals surface area contributed by atoms with Gasteiger partial charge in [0.15, 0.2) is 0 Å². The van der Waals surface area contributed by atoms with Crippen molar-refractivity contribution in [3.63, 3.8) is 0 Å². The SMILES string of the molecule is Cn1c(C2CCCC2)nc2cc(CCCCN)ccc21. The molecule has 108 valence electrons. The van der Waals surface area contributed by atoms with E-state index < -0.39 is 0 Å². The van der Waals surface area contributed by atoms with Gasteiger partial charge in [-0.3, -0.25) is 0 Å². The van der Waals surface area contributed by atoms with Gasteiger partial charge in [-0.05, 0) is 56.3 Å². The van der Waals surface area contributed by atoms with Crippen molar-refractivity contribution in [2.75, 3.05) is 6.54 Å². The van der Waals surface area contributed by atoms with Crippen molar-refractivity contribution in [2.45, 2.75) is 50.9 Å². The molecule has 1 aliphatic rings. The summed E-state index contributed by atoms with van der Waals surface area (Å²) in [5.74, 6) is 1.96. The summed E-state index contributed by atoms with van der Waals surface area (Å²) in [5, 5.41) is 0. The van der Waals surface area contributed by atoms with Crippen LogP contribution in [0.3, 0.4) is 0 Å². The summed E-state index contributed by atoms with van der Waals surface area (Å²) in [6.07, 6.45) is 8.72. The minimum atomic E-state index is 0.674. The number of fused-ring (bicyclic) bond motifs is 1. The molecule has 3 rings (SSSR count). The lowest BCUT2D eigenvalue weighted by atomic mass is 10.1. The molecule has 0 spiro atoms. The van der Waals surface area contributed by atoms with Crippen LogP contribution in [-0.4, -0.2) is 16.1 Å². The molecule has 2 N–H and O–H groups in total. The maximum Gasteiger partial charge on any atom is 0.112 e. The number of hydrogen-bond donors (Lipinski definition) is 1. The van der Waals surface area contributed by atoms with E-state index in [0.717, 1.165) is 19.4 Å². The summed E-state index contributed by atoms with van der Waals surface area (Å²) in [6, 6.07) is 6.75. The predicted molar refractivity (Wildman–Crippen MR) is 83.9 cm³/mol. The monoisotopic (exact) mass is 271 g/mol. The first-order chi connectivity index (χ1) is 9.79. The van der Waals surface area contributed by atoms with Gasteiger partial charge in [-0.25, -0.2) is 4.98 Å². The zero-order chi connectivity index (χ0) is 13.9. The Morgan fingerprint density at radius 3 is 2.80 bits per heavy atom. The van der Waals surface area contributed by atoms with Crippen LogP contribution in [0.2, 0.25) is 0 Å². The highest BCUT2D eigenvalue weighted by atomic mass is 15.1. The standard InChI is InChI=1S/C17H25N3/c1-20-16-10-9-13(6-4-5-11-18)12-15(16)19-17(20)14-7-2-3-8-14/h9-10,12,14H,2-8,11,18H2,1H3. The Morgan fingerprint density at radius 2 is 2.05 bits per heavy atom. The van der Waals surface area contributed by atoms with Gasteiger partial charge in [-0.2, -0.15) is 0 Å². The molecule has 0 amide bonds. The van der Waals surface area contributed by atoms with Crippen molar-refractivity contribution in [1.82, 2.24) is 9.55 Å². The topological polar surface area (TPSA) is 43.8 Å². The number of benzene rings is 1. The summed E-state index contributed by atoms with van der Waals surface area (Å²) in [6.45, 7) is 0.789. The van der Waals surface area contributed by atoms with Crippen LogP contribution in [0.4, 0.5) is 0 Å². The minimum Gasteiger partial charge on any atom is -0.331 e. The molecular formula is C17H25N3. The number of rotatable bonds is 5. The summed E-state index contributed by atoms with van der Waals surface area (Å²) in [4.78, 5) is 4.92. The molecule has 1 aromatic heterocycles. The van der Waals surface area contributed by atoms with Gasteiger partial charge in [0, 0.05) is 13.0 Å². The Balaban J connectivity index is 1.86. The van der Waals surface area contributed by atoms with E-state index in [-0.39, 0.29) is 0 Å². The molecule has 1 aromatic carbocycles. The van der Waals surface area contributed by atoms with Crippen LogP contribution in [-0.2, 0) is 13.5 Å². The summed E-state index contributed by atoms with van der Waals surface area (Å²) in [7, 11) is 2.16. The number of hydrogen-bond acceptors (Lipinski definition) is 2. The normalized spacial score (nSPS) is 16.3. The van der Waals surface area contributed by atoms with Gasteiger partial charge in [0.2, 0.25) is 0 Å². The number of nitrogens with zero attached hydrogens (tertiary/aromatic N) is 2. The van der Waals surface area contributed by atoms with Crippen LogP contribution in [0.5, 0.6) is 0 Å². The first-order valence-electron chi connectivity index (χ1n) is 7.95. The fraction of sp³-hybridized carbons (Fsp3) is 0.588. The third kappa shape index (κ3) is 2.59. The maximum absolute atomic E-state index is 5.56. The van der Waals surface area contributed by atoms with Crippen LogP contribution in [0.15, 0.2) is 18.2 Å². The summed E-state index contributed by atoms with van der Waals surface area (Å²) < 4.78 is 2.30.